The van der Waals surface area contributed by atoms with Crippen LogP contribution in [0.1, 0.15) is 145 Å². The lowest BCUT2D eigenvalue weighted by Crippen LogP contribution is -2.23. The molecule has 0 fully saturated rings. The van der Waals surface area contributed by atoms with Gasteiger partial charge in [0.1, 0.15) is 67.1 Å². The summed E-state index contributed by atoms with van der Waals surface area (Å²) in [5, 5.41) is 24.8. The summed E-state index contributed by atoms with van der Waals surface area (Å²) >= 11 is 0.930. The van der Waals surface area contributed by atoms with Crippen LogP contribution in [0.4, 0.5) is 11.6 Å². The Bertz CT molecular complexity index is 6160. The lowest BCUT2D eigenvalue weighted by molar-refractivity contribution is -0.161. The molecule has 0 amide bonds. The molecule has 0 radical (unpaired) electrons. The van der Waals surface area contributed by atoms with Gasteiger partial charge in [-0.1, -0.05) is 146 Å². The largest absolute Gasteiger partial charge is 0.744 e. The SMILES string of the molecule is COOSNCCCc1nc(CCCNS(C)(=O)=O)nc(Nc2cc(C(=O)O)cc(C(=O)O)c2)n1.Cc1cccc(C)c1/C=c1\ccc2c(c1)Oc1cc(Cc3c(C)cccc3C)ccc1C=2c1ccccc1S(=O)(=O)[O-].Cc1cccc(C)c1/C=c1\ccc2c(c1)Oc1cc(Cc3c(C)cccc3C)ccc1C=2c1ccccc1S(=O)(=O)[O-]. The molecule has 0 saturated heterocycles. The molecule has 14 rings (SSSR count). The number of nitrogens with one attached hydrogen (secondary N) is 3. The van der Waals surface area contributed by atoms with Gasteiger partial charge >= 0.3 is 11.9 Å². The third kappa shape index (κ3) is 21.8. The Morgan fingerprint density at radius 3 is 1.26 bits per heavy atom. The molecule has 1 aromatic heterocycles. The lowest BCUT2D eigenvalue weighted by atomic mass is 9.90. The molecular weight excluding hydrogens is 1590 g/mol. The van der Waals surface area contributed by atoms with E-state index in [2.05, 4.69) is 179 Å². The Hall–Kier alpha value is -11.8. The van der Waals surface area contributed by atoms with E-state index in [1.165, 1.54) is 87.0 Å². The molecule has 2 aliphatic heterocycles. The molecule has 26 heteroatoms. The van der Waals surface area contributed by atoms with Crippen LogP contribution in [0.2, 0.25) is 0 Å². The number of hydrogen-bond donors (Lipinski definition) is 5. The predicted molar refractivity (Wildman–Crippen MR) is 460 cm³/mol. The molecule has 12 aromatic rings. The average Bonchev–Trinajstić information content (AvgIpc) is 0.746. The molecule has 0 atom stereocenters. The summed E-state index contributed by atoms with van der Waals surface area (Å²) in [6.07, 6.45) is 8.69. The van der Waals surface area contributed by atoms with Gasteiger partial charge in [-0.2, -0.15) is 9.97 Å². The van der Waals surface area contributed by atoms with Crippen molar-refractivity contribution < 1.29 is 72.9 Å². The maximum absolute atomic E-state index is 12.4. The molecule has 3 heterocycles. The summed E-state index contributed by atoms with van der Waals surface area (Å²) in [6.45, 7) is 17.6. The number of carboxylic acid groups (broad SMARTS) is 2. The predicted octanol–water partition coefficient (Wildman–Crippen LogP) is 14.4. The Labute approximate surface area is 696 Å². The number of fused-ring (bicyclic) bond motifs is 4. The van der Waals surface area contributed by atoms with Crippen LogP contribution in [0, 0.1) is 55.4 Å². The normalized spacial score (nSPS) is 12.5. The number of anilines is 2. The maximum atomic E-state index is 12.4. The van der Waals surface area contributed by atoms with Crippen LogP contribution in [-0.2, 0) is 65.2 Å². The van der Waals surface area contributed by atoms with Crippen molar-refractivity contribution in [2.45, 2.75) is 104 Å². The minimum Gasteiger partial charge on any atom is -0.744 e. The van der Waals surface area contributed by atoms with Crippen LogP contribution in [0.15, 0.2) is 222 Å². The van der Waals surface area contributed by atoms with Crippen molar-refractivity contribution in [1.82, 2.24) is 24.4 Å². The Morgan fingerprint density at radius 2 is 0.866 bits per heavy atom. The summed E-state index contributed by atoms with van der Waals surface area (Å²) in [4.78, 5) is 39.8. The smallest absolute Gasteiger partial charge is 0.335 e. The first kappa shape index (κ1) is 86.5. The highest BCUT2D eigenvalue weighted by molar-refractivity contribution is 7.92. The first-order valence-electron chi connectivity index (χ1n) is 38.1. The monoisotopic (exact) mass is 1670 g/mol. The summed E-state index contributed by atoms with van der Waals surface area (Å²) in [5.74, 6) is 0.854. The third-order valence-corrected chi connectivity index (χ3v) is 23.5. The van der Waals surface area contributed by atoms with Gasteiger partial charge in [0.25, 0.3) is 0 Å². The summed E-state index contributed by atoms with van der Waals surface area (Å²) in [6, 6.07) is 65.4. The third-order valence-electron chi connectivity index (χ3n) is 20.4. The Kier molecular flexibility index (Phi) is 27.5. The van der Waals surface area contributed by atoms with E-state index in [0.29, 0.717) is 89.1 Å². The zero-order chi connectivity index (χ0) is 85.0. The van der Waals surface area contributed by atoms with E-state index in [9.17, 15) is 54.2 Å². The van der Waals surface area contributed by atoms with Crippen molar-refractivity contribution in [1.29, 1.82) is 0 Å². The number of benzene rings is 11. The minimum absolute atomic E-state index is 0.102. The van der Waals surface area contributed by atoms with E-state index in [4.69, 9.17) is 9.47 Å². The number of aromatic carboxylic acids is 2. The van der Waals surface area contributed by atoms with E-state index < -0.39 is 42.2 Å². The van der Waals surface area contributed by atoms with Crippen molar-refractivity contribution in [2.75, 3.05) is 31.8 Å². The van der Waals surface area contributed by atoms with Crippen molar-refractivity contribution in [3.63, 3.8) is 0 Å². The molecular formula is C93H88N6O16S4-2. The van der Waals surface area contributed by atoms with Gasteiger partial charge in [0.15, 0.2) is 0 Å². The second-order valence-electron chi connectivity index (χ2n) is 29.1. The first-order valence-corrected chi connectivity index (χ1v) is 43.6. The van der Waals surface area contributed by atoms with E-state index in [1.807, 2.05) is 72.8 Å². The molecule has 0 bridgehead atoms. The maximum Gasteiger partial charge on any atom is 0.335 e. The molecule has 11 aromatic carbocycles. The Morgan fingerprint density at radius 1 is 0.462 bits per heavy atom. The van der Waals surface area contributed by atoms with E-state index in [1.54, 1.807) is 36.4 Å². The lowest BCUT2D eigenvalue weighted by Gasteiger charge is -2.24. The summed E-state index contributed by atoms with van der Waals surface area (Å²) < 4.78 is 120. The van der Waals surface area contributed by atoms with Crippen LogP contribution in [0.3, 0.4) is 0 Å². The second-order valence-corrected chi connectivity index (χ2v) is 34.3. The van der Waals surface area contributed by atoms with Gasteiger partial charge in [0, 0.05) is 75.5 Å². The second kappa shape index (κ2) is 37.9. The molecule has 0 spiro atoms. The van der Waals surface area contributed by atoms with Crippen LogP contribution in [0.5, 0.6) is 23.0 Å². The number of aromatic nitrogens is 3. The zero-order valence-electron chi connectivity index (χ0n) is 67.1. The van der Waals surface area contributed by atoms with E-state index >= 15 is 0 Å². The van der Waals surface area contributed by atoms with Crippen LogP contribution >= 0.6 is 12.2 Å². The topological polar surface area (TPSA) is 335 Å². The van der Waals surface area contributed by atoms with Gasteiger partial charge in [-0.25, -0.2) is 54.2 Å². The zero-order valence-corrected chi connectivity index (χ0v) is 70.4. The molecule has 0 unspecified atom stereocenters. The molecule has 0 aliphatic carbocycles. The molecule has 612 valence electrons. The number of carboxylic acids is 2. The quantitative estimate of drug-likeness (QED) is 0.00839. The van der Waals surface area contributed by atoms with Gasteiger partial charge in [-0.05, 0) is 248 Å². The van der Waals surface area contributed by atoms with Crippen molar-refractivity contribution in [3.8, 4) is 23.0 Å². The van der Waals surface area contributed by atoms with E-state index in [-0.39, 0.29) is 39.1 Å². The van der Waals surface area contributed by atoms with Gasteiger partial charge < -0.3 is 34.1 Å². The fourth-order valence-electron chi connectivity index (χ4n) is 14.5. The number of rotatable bonds is 26. The number of ether oxygens (including phenoxy) is 2. The number of hydrogen-bond acceptors (Lipinski definition) is 20. The van der Waals surface area contributed by atoms with Gasteiger partial charge in [-0.3, -0.25) is 0 Å². The summed E-state index contributed by atoms with van der Waals surface area (Å²) in [7, 11) is -11.4. The van der Waals surface area contributed by atoms with E-state index in [0.717, 1.165) is 91.6 Å². The van der Waals surface area contributed by atoms with Crippen LogP contribution in [-0.4, -0.2) is 97.9 Å². The number of carbonyl (C=O) groups is 2. The highest BCUT2D eigenvalue weighted by atomic mass is 32.2. The summed E-state index contributed by atoms with van der Waals surface area (Å²) in [5.41, 5.74) is 19.9. The van der Waals surface area contributed by atoms with Gasteiger partial charge in [0.05, 0.1) is 34.3 Å². The fourth-order valence-corrected chi connectivity index (χ4v) is 16.7. The van der Waals surface area contributed by atoms with Crippen molar-refractivity contribution >= 4 is 89.4 Å². The number of sulfonamides is 1. The minimum atomic E-state index is -4.72. The van der Waals surface area contributed by atoms with Crippen LogP contribution in [0.25, 0.3) is 23.3 Å². The number of nitrogens with zero attached hydrogens (tertiary/aromatic N) is 3. The number of aryl methyl sites for hydroxylation is 10. The molecule has 2 aliphatic rings. The van der Waals surface area contributed by atoms with Gasteiger partial charge in [0.2, 0.25) is 16.0 Å². The van der Waals surface area contributed by atoms with Crippen molar-refractivity contribution in [3.05, 3.63) is 356 Å². The molecule has 0 saturated carbocycles. The average molecular weight is 1670 g/mol. The van der Waals surface area contributed by atoms with Crippen molar-refractivity contribution in [2.24, 2.45) is 0 Å². The van der Waals surface area contributed by atoms with Gasteiger partial charge in [-0.15, -0.1) is 4.33 Å². The Balaban J connectivity index is 0.000000165. The standard InChI is InChI=1S/2C37H32O4S.C19H26N6O8S2/c2*1-23-9-7-10-24(2)32(23)19-27-15-17-29-34(21-27)41-35-22-28(20-33-25(3)11-8-12-26(33)4)16-18-30(35)37(29)31-13-5-6-14-36(31)42(38,39)40;1-32-33-34-20-7-3-5-15-23-16(6-4-8-21-35(2,30)31)25-19(24-15)22-14-10-12(17(26)27)9-13(11-14)18(28)29/h2*5-19,21-22H,20H2,1-4H3,(H,38,39,40);9-11,20-21H,3-8H2,1-2H3,(H,26,27)(H,28,29)(H,22,23,24,25)/p-2/b2*27-19+;. The van der Waals surface area contributed by atoms with Crippen LogP contribution < -0.4 is 45.1 Å². The molecule has 5 N–H and O–H groups in total. The first-order chi connectivity index (χ1) is 56.8. The highest BCUT2D eigenvalue weighted by Gasteiger charge is 2.27. The molecule has 22 nitrogen and oxygen atoms in total. The molecule has 119 heavy (non-hydrogen) atoms. The fraction of sp³-hybridized carbons (Fsp3) is 0.194. The highest BCUT2D eigenvalue weighted by Crippen LogP contribution is 2.42.